The van der Waals surface area contributed by atoms with Gasteiger partial charge >= 0.3 is 5.97 Å². The van der Waals surface area contributed by atoms with Crippen molar-refractivity contribution in [3.63, 3.8) is 0 Å². The minimum absolute atomic E-state index is 0.00282. The normalized spacial score (nSPS) is 11.1. The minimum Gasteiger partial charge on any atom is -0.452 e. The van der Waals surface area contributed by atoms with Crippen LogP contribution in [0.2, 0.25) is 15.1 Å². The Morgan fingerprint density at radius 2 is 1.65 bits per heavy atom. The number of benzene rings is 2. The van der Waals surface area contributed by atoms with E-state index in [9.17, 15) is 18.0 Å². The van der Waals surface area contributed by atoms with E-state index in [1.807, 2.05) is 0 Å². The van der Waals surface area contributed by atoms with Gasteiger partial charge in [-0.1, -0.05) is 40.9 Å². The first-order valence-corrected chi connectivity index (χ1v) is 10.0. The predicted molar refractivity (Wildman–Crippen MR) is 99.9 cm³/mol. The highest BCUT2D eigenvalue weighted by Gasteiger charge is 2.18. The van der Waals surface area contributed by atoms with Crippen molar-refractivity contribution in [3.8, 4) is 0 Å². The number of anilines is 1. The molecule has 0 spiro atoms. The van der Waals surface area contributed by atoms with E-state index in [1.165, 1.54) is 24.3 Å². The van der Waals surface area contributed by atoms with Crippen LogP contribution in [0.5, 0.6) is 0 Å². The molecule has 0 fully saturated rings. The van der Waals surface area contributed by atoms with Crippen molar-refractivity contribution in [2.75, 3.05) is 18.2 Å². The molecule has 0 atom stereocenters. The van der Waals surface area contributed by atoms with Crippen LogP contribution in [-0.4, -0.2) is 33.2 Å². The summed E-state index contributed by atoms with van der Waals surface area (Å²) in [4.78, 5) is 23.9. The Balaban J connectivity index is 2.08. The summed E-state index contributed by atoms with van der Waals surface area (Å²) < 4.78 is 28.0. The second-order valence-electron chi connectivity index (χ2n) is 5.13. The Hall–Kier alpha value is -1.80. The van der Waals surface area contributed by atoms with Crippen LogP contribution in [0.15, 0.2) is 41.3 Å². The summed E-state index contributed by atoms with van der Waals surface area (Å²) >= 11 is 17.8. The summed E-state index contributed by atoms with van der Waals surface area (Å²) in [7, 11) is -3.53. The number of carbonyl (C=O) groups is 2. The van der Waals surface area contributed by atoms with E-state index in [0.717, 1.165) is 12.3 Å². The molecule has 2 aromatic rings. The fourth-order valence-corrected chi connectivity index (χ4v) is 3.23. The quantitative estimate of drug-likeness (QED) is 0.719. The molecule has 0 aliphatic rings. The SMILES string of the molecule is CS(=O)(=O)c1ccc(Cl)c(C(=O)OCC(=O)Nc2c(Cl)cccc2Cl)c1. The lowest BCUT2D eigenvalue weighted by molar-refractivity contribution is -0.119. The van der Waals surface area contributed by atoms with Crippen LogP contribution in [0.4, 0.5) is 5.69 Å². The average molecular weight is 437 g/mol. The van der Waals surface area contributed by atoms with Gasteiger partial charge in [-0.3, -0.25) is 4.79 Å². The van der Waals surface area contributed by atoms with Crippen molar-refractivity contribution >= 4 is 62.2 Å². The van der Waals surface area contributed by atoms with Gasteiger partial charge in [0.1, 0.15) is 0 Å². The maximum absolute atomic E-state index is 12.1. The summed E-state index contributed by atoms with van der Waals surface area (Å²) in [6.07, 6.45) is 0.992. The molecule has 0 radical (unpaired) electrons. The van der Waals surface area contributed by atoms with Gasteiger partial charge < -0.3 is 10.1 Å². The van der Waals surface area contributed by atoms with E-state index in [0.29, 0.717) is 0 Å². The third kappa shape index (κ3) is 5.11. The number of ether oxygens (including phenoxy) is 1. The molecule has 0 aliphatic heterocycles. The third-order valence-electron chi connectivity index (χ3n) is 3.15. The fraction of sp³-hybridized carbons (Fsp3) is 0.125. The molecule has 1 amide bonds. The summed E-state index contributed by atoms with van der Waals surface area (Å²) in [5.41, 5.74) is 0.0205. The Labute approximate surface area is 164 Å². The largest absolute Gasteiger partial charge is 0.452 e. The number of sulfone groups is 1. The van der Waals surface area contributed by atoms with Crippen LogP contribution in [0, 0.1) is 0 Å². The number of esters is 1. The van der Waals surface area contributed by atoms with Gasteiger partial charge in [0.15, 0.2) is 16.4 Å². The summed E-state index contributed by atoms with van der Waals surface area (Å²) in [5, 5.41) is 2.87. The highest BCUT2D eigenvalue weighted by molar-refractivity contribution is 7.90. The van der Waals surface area contributed by atoms with E-state index >= 15 is 0 Å². The van der Waals surface area contributed by atoms with Gasteiger partial charge in [0.25, 0.3) is 5.91 Å². The standard InChI is InChI=1S/C16H12Cl3NO5S/c1-26(23,24)9-5-6-11(17)10(7-9)16(22)25-8-14(21)20-15-12(18)3-2-4-13(15)19/h2-7H,8H2,1H3,(H,20,21). The lowest BCUT2D eigenvalue weighted by Gasteiger charge is -2.10. The number of hydrogen-bond donors (Lipinski definition) is 1. The molecule has 0 unspecified atom stereocenters. The van der Waals surface area contributed by atoms with E-state index in [1.54, 1.807) is 6.07 Å². The molecule has 138 valence electrons. The minimum atomic E-state index is -3.53. The average Bonchev–Trinajstić information content (AvgIpc) is 2.55. The Bertz CT molecular complexity index is 956. The zero-order chi connectivity index (χ0) is 19.5. The lowest BCUT2D eigenvalue weighted by atomic mass is 10.2. The summed E-state index contributed by atoms with van der Waals surface area (Å²) in [6, 6.07) is 8.29. The van der Waals surface area contributed by atoms with Crippen molar-refractivity contribution in [3.05, 3.63) is 57.0 Å². The second kappa shape index (κ2) is 8.26. The topological polar surface area (TPSA) is 89.5 Å². The predicted octanol–water partition coefficient (Wildman–Crippen LogP) is 3.85. The number of amides is 1. The Morgan fingerprint density at radius 3 is 2.23 bits per heavy atom. The van der Waals surface area contributed by atoms with E-state index in [-0.39, 0.29) is 31.2 Å². The first-order valence-electron chi connectivity index (χ1n) is 7.00. The number of rotatable bonds is 5. The molecular formula is C16H12Cl3NO5S. The summed E-state index contributed by atoms with van der Waals surface area (Å²) in [6.45, 7) is -0.639. The fourth-order valence-electron chi connectivity index (χ4n) is 1.89. The molecule has 2 rings (SSSR count). The monoisotopic (exact) mass is 435 g/mol. The third-order valence-corrected chi connectivity index (χ3v) is 5.22. The Kier molecular flexibility index (Phi) is 6.52. The van der Waals surface area contributed by atoms with Gasteiger partial charge in [-0.05, 0) is 30.3 Å². The van der Waals surface area contributed by atoms with Crippen molar-refractivity contribution in [2.24, 2.45) is 0 Å². The lowest BCUT2D eigenvalue weighted by Crippen LogP contribution is -2.21. The van der Waals surface area contributed by atoms with Crippen LogP contribution < -0.4 is 5.32 Å². The van der Waals surface area contributed by atoms with Gasteiger partial charge in [-0.2, -0.15) is 0 Å². The molecule has 0 heterocycles. The maximum atomic E-state index is 12.1. The van der Waals surface area contributed by atoms with Crippen molar-refractivity contribution < 1.29 is 22.7 Å². The van der Waals surface area contributed by atoms with Crippen molar-refractivity contribution in [1.29, 1.82) is 0 Å². The van der Waals surface area contributed by atoms with Crippen molar-refractivity contribution in [2.45, 2.75) is 4.90 Å². The first kappa shape index (κ1) is 20.5. The molecule has 1 N–H and O–H groups in total. The zero-order valence-electron chi connectivity index (χ0n) is 13.3. The first-order chi connectivity index (χ1) is 12.1. The zero-order valence-corrected chi connectivity index (χ0v) is 16.3. The van der Waals surface area contributed by atoms with Crippen LogP contribution in [0.1, 0.15) is 10.4 Å². The van der Waals surface area contributed by atoms with Gasteiger partial charge in [0.05, 0.1) is 31.2 Å². The van der Waals surface area contributed by atoms with Crippen LogP contribution >= 0.6 is 34.8 Å². The van der Waals surface area contributed by atoms with Gasteiger partial charge in [-0.25, -0.2) is 13.2 Å². The molecule has 2 aromatic carbocycles. The molecule has 0 aromatic heterocycles. The van der Waals surface area contributed by atoms with Crippen molar-refractivity contribution in [1.82, 2.24) is 0 Å². The molecule has 0 aliphatic carbocycles. The number of hydrogen-bond acceptors (Lipinski definition) is 5. The van der Waals surface area contributed by atoms with Gasteiger partial charge in [0, 0.05) is 6.26 Å². The summed E-state index contributed by atoms with van der Waals surface area (Å²) in [5.74, 6) is -1.62. The Morgan fingerprint density at radius 1 is 1.04 bits per heavy atom. The molecular weight excluding hydrogens is 425 g/mol. The molecule has 0 saturated carbocycles. The van der Waals surface area contributed by atoms with Crippen LogP contribution in [0.25, 0.3) is 0 Å². The number of nitrogens with one attached hydrogen (secondary N) is 1. The molecule has 26 heavy (non-hydrogen) atoms. The second-order valence-corrected chi connectivity index (χ2v) is 8.37. The molecule has 0 bridgehead atoms. The number of para-hydroxylation sites is 1. The van der Waals surface area contributed by atoms with Gasteiger partial charge in [0.2, 0.25) is 0 Å². The van der Waals surface area contributed by atoms with Crippen LogP contribution in [-0.2, 0) is 19.4 Å². The molecule has 10 heteroatoms. The van der Waals surface area contributed by atoms with E-state index in [4.69, 9.17) is 39.5 Å². The number of halogens is 3. The smallest absolute Gasteiger partial charge is 0.340 e. The molecule has 0 saturated heterocycles. The highest BCUT2D eigenvalue weighted by atomic mass is 35.5. The molecule has 6 nitrogen and oxygen atoms in total. The maximum Gasteiger partial charge on any atom is 0.340 e. The number of carbonyl (C=O) groups excluding carboxylic acids is 2. The van der Waals surface area contributed by atoms with E-state index in [2.05, 4.69) is 5.32 Å². The van der Waals surface area contributed by atoms with Gasteiger partial charge in [-0.15, -0.1) is 0 Å². The van der Waals surface area contributed by atoms with Crippen LogP contribution in [0.3, 0.4) is 0 Å². The van der Waals surface area contributed by atoms with E-state index < -0.39 is 28.3 Å². The highest BCUT2D eigenvalue weighted by Crippen LogP contribution is 2.29.